The van der Waals surface area contributed by atoms with Crippen LogP contribution in [-0.2, 0) is 0 Å². The number of H-pyrrole nitrogens is 1. The maximum absolute atomic E-state index is 6.26. The minimum atomic E-state index is 0.703. The van der Waals surface area contributed by atoms with E-state index in [-0.39, 0.29) is 0 Å². The molecule has 0 unspecified atom stereocenters. The number of hydrogen-bond acceptors (Lipinski definition) is 5. The summed E-state index contributed by atoms with van der Waals surface area (Å²) in [5.74, 6) is 1.65. The Morgan fingerprint density at radius 3 is 2.70 bits per heavy atom. The number of hydrogen-bond donors (Lipinski definition) is 2. The van der Waals surface area contributed by atoms with Crippen LogP contribution >= 0.6 is 0 Å². The number of furan rings is 1. The number of nitrogens with one attached hydrogen (secondary N) is 2. The van der Waals surface area contributed by atoms with Crippen molar-refractivity contribution in [1.29, 1.82) is 0 Å². The minimum absolute atomic E-state index is 0.703. The highest BCUT2D eigenvalue weighted by Gasteiger charge is 2.13. The largest absolute Gasteiger partial charge is 0.494 e. The molecule has 33 heavy (non-hydrogen) atoms. The summed E-state index contributed by atoms with van der Waals surface area (Å²) in [4.78, 5) is 9.92. The third-order valence-corrected chi connectivity index (χ3v) is 5.84. The first kappa shape index (κ1) is 21.1. The van der Waals surface area contributed by atoms with Crippen molar-refractivity contribution < 1.29 is 9.15 Å². The Hall–Kier alpha value is -3.77. The van der Waals surface area contributed by atoms with Crippen LogP contribution in [0, 0.1) is 6.92 Å². The van der Waals surface area contributed by atoms with Crippen molar-refractivity contribution >= 4 is 33.4 Å². The highest BCUT2D eigenvalue weighted by Crippen LogP contribution is 2.34. The zero-order valence-corrected chi connectivity index (χ0v) is 19.2. The van der Waals surface area contributed by atoms with Crippen molar-refractivity contribution in [3.8, 4) is 17.1 Å². The Balaban J connectivity index is 1.37. The van der Waals surface area contributed by atoms with Gasteiger partial charge in [-0.1, -0.05) is 0 Å². The van der Waals surface area contributed by atoms with E-state index < -0.39 is 0 Å². The molecule has 5 aromatic rings. The fourth-order valence-electron chi connectivity index (χ4n) is 4.03. The lowest BCUT2D eigenvalue weighted by molar-refractivity contribution is 0.281. The monoisotopic (exact) mass is 440 g/mol. The predicted molar refractivity (Wildman–Crippen MR) is 134 cm³/mol. The number of benzene rings is 2. The molecular formula is C27H28N4O2. The summed E-state index contributed by atoms with van der Waals surface area (Å²) < 4.78 is 12.1. The number of anilines is 2. The first-order chi connectivity index (χ1) is 16.1. The molecule has 0 aliphatic carbocycles. The average Bonchev–Trinajstić information content (AvgIpc) is 3.47. The summed E-state index contributed by atoms with van der Waals surface area (Å²) in [5.41, 5.74) is 6.80. The highest BCUT2D eigenvalue weighted by molar-refractivity contribution is 5.94. The number of aromatic amines is 1. The van der Waals surface area contributed by atoms with E-state index in [2.05, 4.69) is 59.4 Å². The molecule has 0 amide bonds. The summed E-state index contributed by atoms with van der Waals surface area (Å²) in [6.07, 6.45) is 4.76. The Bertz CT molecular complexity index is 1380. The summed E-state index contributed by atoms with van der Waals surface area (Å²) in [6.45, 7) is 3.84. The van der Waals surface area contributed by atoms with Crippen molar-refractivity contribution in [2.24, 2.45) is 0 Å². The molecule has 0 bridgehead atoms. The van der Waals surface area contributed by atoms with Crippen LogP contribution in [0.5, 0.6) is 5.75 Å². The molecule has 0 aliphatic rings. The van der Waals surface area contributed by atoms with Crippen LogP contribution in [0.3, 0.4) is 0 Å². The molecule has 0 saturated heterocycles. The van der Waals surface area contributed by atoms with E-state index in [1.54, 1.807) is 6.20 Å². The Kier molecular flexibility index (Phi) is 5.75. The molecule has 3 heterocycles. The lowest BCUT2D eigenvalue weighted by Crippen LogP contribution is -2.15. The number of pyridine rings is 1. The van der Waals surface area contributed by atoms with E-state index in [4.69, 9.17) is 9.15 Å². The van der Waals surface area contributed by atoms with Crippen molar-refractivity contribution in [3.63, 3.8) is 0 Å². The van der Waals surface area contributed by atoms with Gasteiger partial charge in [0.15, 0.2) is 5.58 Å². The molecule has 2 N–H and O–H groups in total. The van der Waals surface area contributed by atoms with Gasteiger partial charge in [-0.3, -0.25) is 4.98 Å². The van der Waals surface area contributed by atoms with Crippen LogP contribution in [0.15, 0.2) is 71.4 Å². The summed E-state index contributed by atoms with van der Waals surface area (Å²) in [5, 5.41) is 4.74. The highest BCUT2D eigenvalue weighted by atomic mass is 16.5. The van der Waals surface area contributed by atoms with E-state index in [1.807, 2.05) is 42.6 Å². The SMILES string of the molecule is Cc1c(Nc2ccnc3cc(-c4ccc(OCCCN(C)C)cc4)oc23)ccc2[nH]ccc12. The van der Waals surface area contributed by atoms with Gasteiger partial charge in [-0.15, -0.1) is 0 Å². The minimum Gasteiger partial charge on any atom is -0.494 e. The number of aryl methyl sites for hydroxylation is 1. The lowest BCUT2D eigenvalue weighted by Gasteiger charge is -2.11. The van der Waals surface area contributed by atoms with Gasteiger partial charge in [0.05, 0.1) is 12.3 Å². The Morgan fingerprint density at radius 1 is 1.03 bits per heavy atom. The van der Waals surface area contributed by atoms with Gasteiger partial charge in [0, 0.05) is 47.2 Å². The predicted octanol–water partition coefficient (Wildman–Crippen LogP) is 6.36. The maximum atomic E-state index is 6.26. The van der Waals surface area contributed by atoms with E-state index in [0.29, 0.717) is 6.61 Å². The molecule has 0 aliphatic heterocycles. The van der Waals surface area contributed by atoms with Crippen molar-refractivity contribution in [3.05, 3.63) is 72.6 Å². The van der Waals surface area contributed by atoms with Crippen LogP contribution in [0.2, 0.25) is 0 Å². The molecule has 2 aromatic carbocycles. The maximum Gasteiger partial charge on any atom is 0.176 e. The van der Waals surface area contributed by atoms with Gasteiger partial charge >= 0.3 is 0 Å². The van der Waals surface area contributed by atoms with E-state index >= 15 is 0 Å². The van der Waals surface area contributed by atoms with E-state index in [1.165, 1.54) is 10.9 Å². The summed E-state index contributed by atoms with van der Waals surface area (Å²) >= 11 is 0. The normalized spacial score (nSPS) is 11.5. The number of nitrogens with zero attached hydrogens (tertiary/aromatic N) is 2. The van der Waals surface area contributed by atoms with Crippen molar-refractivity contribution in [1.82, 2.24) is 14.9 Å². The molecule has 0 atom stereocenters. The van der Waals surface area contributed by atoms with Crippen molar-refractivity contribution in [2.75, 3.05) is 32.6 Å². The number of rotatable bonds is 8. The smallest absolute Gasteiger partial charge is 0.176 e. The third-order valence-electron chi connectivity index (χ3n) is 5.84. The number of ether oxygens (including phenoxy) is 1. The molecule has 0 spiro atoms. The molecule has 168 valence electrons. The molecule has 3 aromatic heterocycles. The quantitative estimate of drug-likeness (QED) is 0.275. The van der Waals surface area contributed by atoms with Gasteiger partial charge in [0.25, 0.3) is 0 Å². The fourth-order valence-corrected chi connectivity index (χ4v) is 4.03. The molecular weight excluding hydrogens is 412 g/mol. The Morgan fingerprint density at radius 2 is 1.88 bits per heavy atom. The van der Waals surface area contributed by atoms with Gasteiger partial charge in [-0.2, -0.15) is 0 Å². The first-order valence-electron chi connectivity index (χ1n) is 11.2. The van der Waals surface area contributed by atoms with Gasteiger partial charge in [0.2, 0.25) is 0 Å². The van der Waals surface area contributed by atoms with E-state index in [9.17, 15) is 0 Å². The second-order valence-electron chi connectivity index (χ2n) is 8.52. The number of fused-ring (bicyclic) bond motifs is 2. The second-order valence-corrected chi connectivity index (χ2v) is 8.52. The van der Waals surface area contributed by atoms with Gasteiger partial charge < -0.3 is 24.4 Å². The summed E-state index contributed by atoms with van der Waals surface area (Å²) in [7, 11) is 4.14. The average molecular weight is 441 g/mol. The number of aromatic nitrogens is 2. The molecule has 0 fully saturated rings. The van der Waals surface area contributed by atoms with Gasteiger partial charge in [0.1, 0.15) is 17.0 Å². The standard InChI is InChI=1S/C27H28N4O2/c1-18-21-11-13-28-23(21)10-9-22(18)30-24-12-14-29-25-17-26(33-27(24)25)19-5-7-20(8-6-19)32-16-4-15-31(2)3/h5-14,17,28H,4,15-16H2,1-3H3,(H,29,30). The zero-order valence-electron chi connectivity index (χ0n) is 19.2. The summed E-state index contributed by atoms with van der Waals surface area (Å²) in [6, 6.07) is 18.2. The second kappa shape index (κ2) is 9.00. The zero-order chi connectivity index (χ0) is 22.8. The molecule has 6 heteroatoms. The molecule has 0 radical (unpaired) electrons. The van der Waals surface area contributed by atoms with Gasteiger partial charge in [-0.05, 0) is 81.5 Å². The Labute approximate surface area is 193 Å². The van der Waals surface area contributed by atoms with Crippen LogP contribution in [0.4, 0.5) is 11.4 Å². The molecule has 5 rings (SSSR count). The van der Waals surface area contributed by atoms with Crippen molar-refractivity contribution in [2.45, 2.75) is 13.3 Å². The van der Waals surface area contributed by atoms with Crippen LogP contribution < -0.4 is 10.1 Å². The lowest BCUT2D eigenvalue weighted by atomic mass is 10.1. The molecule has 0 saturated carbocycles. The van der Waals surface area contributed by atoms with Crippen LogP contribution in [0.25, 0.3) is 33.3 Å². The first-order valence-corrected chi connectivity index (χ1v) is 11.2. The van der Waals surface area contributed by atoms with Crippen LogP contribution in [-0.4, -0.2) is 42.1 Å². The molecule has 6 nitrogen and oxygen atoms in total. The topological polar surface area (TPSA) is 66.3 Å². The van der Waals surface area contributed by atoms with E-state index in [0.717, 1.165) is 58.0 Å². The van der Waals surface area contributed by atoms with Crippen LogP contribution in [0.1, 0.15) is 12.0 Å². The van der Waals surface area contributed by atoms with Gasteiger partial charge in [-0.25, -0.2) is 0 Å². The third kappa shape index (κ3) is 4.43. The fraction of sp³-hybridized carbons (Fsp3) is 0.222.